The van der Waals surface area contributed by atoms with Crippen molar-refractivity contribution in [3.05, 3.63) is 50.6 Å². The van der Waals surface area contributed by atoms with Crippen LogP contribution in [0.1, 0.15) is 27.0 Å². The number of rotatable bonds is 6. The highest BCUT2D eigenvalue weighted by Gasteiger charge is 2.13. The number of anilines is 1. The van der Waals surface area contributed by atoms with E-state index in [1.165, 1.54) is 11.3 Å². The molecule has 0 saturated carbocycles. The number of hydrogen-bond acceptors (Lipinski definition) is 6. The van der Waals surface area contributed by atoms with Gasteiger partial charge < -0.3 is 14.8 Å². The Balaban J connectivity index is 1.84. The fraction of sp³-hybridized carbons (Fsp3) is 0.188. The van der Waals surface area contributed by atoms with Crippen LogP contribution >= 0.6 is 27.3 Å². The number of carbonyl (C=O) groups is 3. The van der Waals surface area contributed by atoms with Gasteiger partial charge in [0.15, 0.2) is 6.61 Å². The molecule has 2 rings (SSSR count). The van der Waals surface area contributed by atoms with Gasteiger partial charge in [0.1, 0.15) is 4.88 Å². The standard InChI is InChI=1S/C16H14BrNO5S/c1-2-22-15(20)10-3-5-11(6-4-10)18-14(19)9-23-16(21)12-7-8-13(17)24-12/h3-8H,2,9H2,1H3,(H,18,19). The maximum atomic E-state index is 11.8. The lowest BCUT2D eigenvalue weighted by Gasteiger charge is -2.07. The van der Waals surface area contributed by atoms with Crippen LogP contribution in [0.15, 0.2) is 40.2 Å². The van der Waals surface area contributed by atoms with E-state index >= 15 is 0 Å². The highest BCUT2D eigenvalue weighted by molar-refractivity contribution is 9.11. The number of carbonyl (C=O) groups excluding carboxylic acids is 3. The van der Waals surface area contributed by atoms with Gasteiger partial charge in [0, 0.05) is 5.69 Å². The van der Waals surface area contributed by atoms with Gasteiger partial charge in [0.05, 0.1) is 16.0 Å². The first-order valence-corrected chi connectivity index (χ1v) is 8.60. The Morgan fingerprint density at radius 1 is 1.04 bits per heavy atom. The molecule has 0 saturated heterocycles. The van der Waals surface area contributed by atoms with Crippen molar-refractivity contribution in [2.45, 2.75) is 6.92 Å². The second-order valence-electron chi connectivity index (χ2n) is 4.53. The smallest absolute Gasteiger partial charge is 0.348 e. The Morgan fingerprint density at radius 2 is 1.75 bits per heavy atom. The number of hydrogen-bond donors (Lipinski definition) is 1. The summed E-state index contributed by atoms with van der Waals surface area (Å²) in [6.07, 6.45) is 0. The van der Waals surface area contributed by atoms with E-state index in [1.54, 1.807) is 43.3 Å². The number of thiophene rings is 1. The quantitative estimate of drug-likeness (QED) is 0.735. The van der Waals surface area contributed by atoms with Gasteiger partial charge in [-0.15, -0.1) is 11.3 Å². The van der Waals surface area contributed by atoms with Crippen LogP contribution in [0.4, 0.5) is 5.69 Å². The maximum absolute atomic E-state index is 11.8. The molecule has 0 aliphatic carbocycles. The highest BCUT2D eigenvalue weighted by Crippen LogP contribution is 2.22. The molecular weight excluding hydrogens is 398 g/mol. The number of halogens is 1. The minimum absolute atomic E-state index is 0.295. The number of esters is 2. The Hall–Kier alpha value is -2.19. The summed E-state index contributed by atoms with van der Waals surface area (Å²) in [5.74, 6) is -1.45. The third-order valence-corrected chi connectivity index (χ3v) is 4.39. The summed E-state index contributed by atoms with van der Waals surface area (Å²) in [6.45, 7) is 1.63. The molecule has 0 atom stereocenters. The molecule has 0 spiro atoms. The third-order valence-electron chi connectivity index (χ3n) is 2.79. The zero-order chi connectivity index (χ0) is 17.5. The van der Waals surface area contributed by atoms with E-state index in [0.717, 1.165) is 3.79 Å². The highest BCUT2D eigenvalue weighted by atomic mass is 79.9. The summed E-state index contributed by atoms with van der Waals surface area (Å²) in [4.78, 5) is 35.5. The van der Waals surface area contributed by atoms with Crippen molar-refractivity contribution in [2.75, 3.05) is 18.5 Å². The molecule has 126 valence electrons. The molecule has 0 aliphatic rings. The summed E-state index contributed by atoms with van der Waals surface area (Å²) >= 11 is 4.48. The zero-order valence-corrected chi connectivity index (χ0v) is 15.1. The second kappa shape index (κ2) is 8.60. The van der Waals surface area contributed by atoms with Crippen LogP contribution in [0.5, 0.6) is 0 Å². The molecule has 1 heterocycles. The van der Waals surface area contributed by atoms with Crippen LogP contribution in [0, 0.1) is 0 Å². The van der Waals surface area contributed by atoms with Crippen LogP contribution in [0.25, 0.3) is 0 Å². The summed E-state index contributed by atoms with van der Waals surface area (Å²) in [5, 5.41) is 2.58. The van der Waals surface area contributed by atoms with E-state index in [9.17, 15) is 14.4 Å². The van der Waals surface area contributed by atoms with E-state index in [0.29, 0.717) is 22.7 Å². The Labute approximate surface area is 150 Å². The van der Waals surface area contributed by atoms with Crippen LogP contribution in [-0.2, 0) is 14.3 Å². The average Bonchev–Trinajstić information content (AvgIpc) is 3.00. The van der Waals surface area contributed by atoms with Crippen LogP contribution in [0.2, 0.25) is 0 Å². The number of benzene rings is 1. The number of amides is 1. The monoisotopic (exact) mass is 411 g/mol. The van der Waals surface area contributed by atoms with Gasteiger partial charge in [-0.3, -0.25) is 4.79 Å². The summed E-state index contributed by atoms with van der Waals surface area (Å²) in [6, 6.07) is 9.58. The van der Waals surface area contributed by atoms with Crippen LogP contribution < -0.4 is 5.32 Å². The van der Waals surface area contributed by atoms with Crippen molar-refractivity contribution in [1.82, 2.24) is 0 Å². The van der Waals surface area contributed by atoms with Crippen molar-refractivity contribution in [2.24, 2.45) is 0 Å². The van der Waals surface area contributed by atoms with E-state index in [4.69, 9.17) is 9.47 Å². The lowest BCUT2D eigenvalue weighted by molar-refractivity contribution is -0.119. The average molecular weight is 412 g/mol. The molecule has 6 nitrogen and oxygen atoms in total. The number of ether oxygens (including phenoxy) is 2. The zero-order valence-electron chi connectivity index (χ0n) is 12.7. The van der Waals surface area contributed by atoms with Crippen molar-refractivity contribution < 1.29 is 23.9 Å². The predicted octanol–water partition coefficient (Wildman–Crippen LogP) is 3.48. The van der Waals surface area contributed by atoms with Gasteiger partial charge in [-0.2, -0.15) is 0 Å². The van der Waals surface area contributed by atoms with E-state index < -0.39 is 24.5 Å². The Morgan fingerprint density at radius 3 is 2.33 bits per heavy atom. The fourth-order valence-electron chi connectivity index (χ4n) is 1.73. The van der Waals surface area contributed by atoms with E-state index in [2.05, 4.69) is 21.2 Å². The van der Waals surface area contributed by atoms with Crippen molar-refractivity contribution in [3.8, 4) is 0 Å². The van der Waals surface area contributed by atoms with Crippen molar-refractivity contribution in [3.63, 3.8) is 0 Å². The molecule has 1 amide bonds. The molecule has 1 aromatic carbocycles. The Bertz CT molecular complexity index is 741. The molecule has 0 unspecified atom stereocenters. The maximum Gasteiger partial charge on any atom is 0.348 e. The van der Waals surface area contributed by atoms with Gasteiger partial charge >= 0.3 is 11.9 Å². The largest absolute Gasteiger partial charge is 0.462 e. The normalized spacial score (nSPS) is 10.1. The second-order valence-corrected chi connectivity index (χ2v) is 6.99. The first-order chi connectivity index (χ1) is 11.5. The molecule has 0 aliphatic heterocycles. The van der Waals surface area contributed by atoms with Gasteiger partial charge in [-0.25, -0.2) is 9.59 Å². The Kier molecular flexibility index (Phi) is 6.51. The summed E-state index contributed by atoms with van der Waals surface area (Å²) in [5.41, 5.74) is 0.882. The molecule has 0 fully saturated rings. The van der Waals surface area contributed by atoms with Crippen molar-refractivity contribution in [1.29, 1.82) is 0 Å². The van der Waals surface area contributed by atoms with Gasteiger partial charge in [0.2, 0.25) is 0 Å². The minimum atomic E-state index is -0.557. The van der Waals surface area contributed by atoms with Crippen molar-refractivity contribution >= 4 is 50.8 Å². The molecule has 1 N–H and O–H groups in total. The molecular formula is C16H14BrNO5S. The lowest BCUT2D eigenvalue weighted by Crippen LogP contribution is -2.20. The van der Waals surface area contributed by atoms with Gasteiger partial charge in [0.25, 0.3) is 5.91 Å². The molecule has 1 aromatic heterocycles. The topological polar surface area (TPSA) is 81.7 Å². The van der Waals surface area contributed by atoms with E-state index in [1.807, 2.05) is 0 Å². The lowest BCUT2D eigenvalue weighted by atomic mass is 10.2. The molecule has 0 bridgehead atoms. The molecule has 0 radical (unpaired) electrons. The van der Waals surface area contributed by atoms with Gasteiger partial charge in [-0.1, -0.05) is 0 Å². The molecule has 2 aromatic rings. The molecule has 8 heteroatoms. The summed E-state index contributed by atoms with van der Waals surface area (Å²) in [7, 11) is 0. The first-order valence-electron chi connectivity index (χ1n) is 6.99. The SMILES string of the molecule is CCOC(=O)c1ccc(NC(=O)COC(=O)c2ccc(Br)s2)cc1. The third kappa shape index (κ3) is 5.17. The number of nitrogens with one attached hydrogen (secondary N) is 1. The minimum Gasteiger partial charge on any atom is -0.462 e. The predicted molar refractivity (Wildman–Crippen MR) is 93.3 cm³/mol. The van der Waals surface area contributed by atoms with Crippen LogP contribution in [0.3, 0.4) is 0 Å². The first kappa shape index (κ1) is 18.2. The van der Waals surface area contributed by atoms with E-state index in [-0.39, 0.29) is 0 Å². The fourth-order valence-corrected chi connectivity index (χ4v) is 3.01. The summed E-state index contributed by atoms with van der Waals surface area (Å²) < 4.78 is 10.6. The van der Waals surface area contributed by atoms with Crippen LogP contribution in [-0.4, -0.2) is 31.1 Å². The molecule has 24 heavy (non-hydrogen) atoms. The van der Waals surface area contributed by atoms with Gasteiger partial charge in [-0.05, 0) is 59.3 Å².